The van der Waals surface area contributed by atoms with Crippen LogP contribution in [0.4, 0.5) is 0 Å². The zero-order valence-corrected chi connectivity index (χ0v) is 11.6. The lowest BCUT2D eigenvalue weighted by Gasteiger charge is -2.13. The minimum atomic E-state index is -3.03. The molecular weight excluding hydrogens is 258 g/mol. The molecule has 0 radical (unpaired) electrons. The first-order valence-electron chi connectivity index (χ1n) is 5.88. The predicted octanol–water partition coefficient (Wildman–Crippen LogP) is 1.77. The van der Waals surface area contributed by atoms with E-state index in [4.69, 9.17) is 17.0 Å². The first-order valence-corrected chi connectivity index (χ1v) is 8.00. The molecule has 0 bridgehead atoms. The molecule has 1 unspecified atom stereocenters. The number of sulfone groups is 1. The van der Waals surface area contributed by atoms with Gasteiger partial charge in [-0.1, -0.05) is 26.2 Å². The molecule has 0 saturated carbocycles. The maximum absolute atomic E-state index is 11.1. The first-order chi connectivity index (χ1) is 8.03. The Labute approximate surface area is 108 Å². The smallest absolute Gasteiger partial charge is 0.257 e. The molecule has 1 rings (SSSR count). The number of unbranched alkanes of at least 4 members (excludes halogenated alkanes) is 3. The van der Waals surface area contributed by atoms with Gasteiger partial charge in [0.15, 0.2) is 9.84 Å². The Hall–Kier alpha value is -0.620. The fraction of sp³-hybridized carbons (Fsp3) is 0.727. The van der Waals surface area contributed by atoms with Gasteiger partial charge in [0.2, 0.25) is 0 Å². The SMILES string of the molecule is CCCCCCOC(=S)NC1C=CS(=O)(=O)C1. The second-order valence-corrected chi connectivity index (χ2v) is 6.41. The van der Waals surface area contributed by atoms with Crippen LogP contribution in [0.5, 0.6) is 0 Å². The Kier molecular flexibility index (Phi) is 5.91. The van der Waals surface area contributed by atoms with E-state index in [0.717, 1.165) is 12.8 Å². The van der Waals surface area contributed by atoms with Gasteiger partial charge in [-0.15, -0.1) is 0 Å². The quantitative estimate of drug-likeness (QED) is 0.592. The molecule has 0 amide bonds. The van der Waals surface area contributed by atoms with Crippen LogP contribution in [-0.4, -0.2) is 32.0 Å². The molecule has 0 spiro atoms. The van der Waals surface area contributed by atoms with E-state index in [1.807, 2.05) is 0 Å². The minimum absolute atomic E-state index is 0.0618. The van der Waals surface area contributed by atoms with Gasteiger partial charge in [0.05, 0.1) is 18.4 Å². The van der Waals surface area contributed by atoms with E-state index < -0.39 is 9.84 Å². The van der Waals surface area contributed by atoms with Gasteiger partial charge in [0.25, 0.3) is 5.17 Å². The zero-order valence-electron chi connectivity index (χ0n) is 10.0. The van der Waals surface area contributed by atoms with Gasteiger partial charge < -0.3 is 10.1 Å². The van der Waals surface area contributed by atoms with Crippen molar-refractivity contribution in [1.29, 1.82) is 0 Å². The van der Waals surface area contributed by atoms with Crippen LogP contribution in [0.1, 0.15) is 32.6 Å². The van der Waals surface area contributed by atoms with Gasteiger partial charge in [-0.25, -0.2) is 8.42 Å². The monoisotopic (exact) mass is 277 g/mol. The van der Waals surface area contributed by atoms with E-state index in [-0.39, 0.29) is 17.0 Å². The van der Waals surface area contributed by atoms with Gasteiger partial charge in [-0.05, 0) is 24.7 Å². The molecule has 98 valence electrons. The summed E-state index contributed by atoms with van der Waals surface area (Å²) in [6.07, 6.45) is 6.11. The van der Waals surface area contributed by atoms with Crippen molar-refractivity contribution in [2.24, 2.45) is 0 Å². The van der Waals surface area contributed by atoms with Crippen LogP contribution in [0.25, 0.3) is 0 Å². The summed E-state index contributed by atoms with van der Waals surface area (Å²) in [6.45, 7) is 2.74. The summed E-state index contributed by atoms with van der Waals surface area (Å²) >= 11 is 4.98. The minimum Gasteiger partial charge on any atom is -0.471 e. The standard InChI is InChI=1S/C11H19NO3S2/c1-2-3-4-5-7-15-11(16)12-10-6-8-17(13,14)9-10/h6,8,10H,2-5,7,9H2,1H3,(H,12,16). The van der Waals surface area contributed by atoms with Crippen LogP contribution in [0.3, 0.4) is 0 Å². The maximum atomic E-state index is 11.1. The number of ether oxygens (including phenoxy) is 1. The average molecular weight is 277 g/mol. The Bertz CT molecular complexity index is 376. The number of hydrogen-bond donors (Lipinski definition) is 1. The van der Waals surface area contributed by atoms with Crippen molar-refractivity contribution >= 4 is 27.2 Å². The van der Waals surface area contributed by atoms with Crippen LogP contribution in [0.15, 0.2) is 11.5 Å². The lowest BCUT2D eigenvalue weighted by Crippen LogP contribution is -2.35. The van der Waals surface area contributed by atoms with Crippen molar-refractivity contribution in [3.63, 3.8) is 0 Å². The van der Waals surface area contributed by atoms with Crippen molar-refractivity contribution in [2.45, 2.75) is 38.6 Å². The molecule has 1 aliphatic heterocycles. The summed E-state index contributed by atoms with van der Waals surface area (Å²) in [6, 6.07) is -0.247. The van der Waals surface area contributed by atoms with E-state index in [9.17, 15) is 8.42 Å². The van der Waals surface area contributed by atoms with E-state index in [1.165, 1.54) is 18.2 Å². The molecule has 0 saturated heterocycles. The van der Waals surface area contributed by atoms with Crippen molar-refractivity contribution in [3.05, 3.63) is 11.5 Å². The Morgan fingerprint density at radius 1 is 1.47 bits per heavy atom. The Balaban J connectivity index is 2.12. The normalized spacial score (nSPS) is 21.4. The predicted molar refractivity (Wildman–Crippen MR) is 72.5 cm³/mol. The van der Waals surface area contributed by atoms with E-state index in [0.29, 0.717) is 6.61 Å². The van der Waals surface area contributed by atoms with E-state index in [1.54, 1.807) is 6.08 Å². The second kappa shape index (κ2) is 6.96. The number of thiocarbonyl (C=S) groups is 1. The van der Waals surface area contributed by atoms with Crippen LogP contribution in [-0.2, 0) is 14.6 Å². The second-order valence-electron chi connectivity index (χ2n) is 4.11. The van der Waals surface area contributed by atoms with Gasteiger partial charge in [-0.2, -0.15) is 0 Å². The third-order valence-electron chi connectivity index (χ3n) is 2.46. The summed E-state index contributed by atoms with van der Waals surface area (Å²) in [5.41, 5.74) is 0. The fourth-order valence-corrected chi connectivity index (χ4v) is 3.02. The van der Waals surface area contributed by atoms with Crippen molar-refractivity contribution in [2.75, 3.05) is 12.4 Å². The highest BCUT2D eigenvalue weighted by molar-refractivity contribution is 7.94. The molecule has 4 nitrogen and oxygen atoms in total. The molecule has 17 heavy (non-hydrogen) atoms. The molecule has 1 atom stereocenters. The number of rotatable bonds is 6. The lowest BCUT2D eigenvalue weighted by molar-refractivity contribution is 0.285. The summed E-state index contributed by atoms with van der Waals surface area (Å²) < 4.78 is 27.6. The highest BCUT2D eigenvalue weighted by atomic mass is 32.2. The molecule has 1 N–H and O–H groups in total. The number of nitrogens with one attached hydrogen (secondary N) is 1. The summed E-state index contributed by atoms with van der Waals surface area (Å²) in [5.74, 6) is 0.0618. The van der Waals surface area contributed by atoms with E-state index in [2.05, 4.69) is 12.2 Å². The zero-order chi connectivity index (χ0) is 12.7. The van der Waals surface area contributed by atoms with Crippen LogP contribution in [0, 0.1) is 0 Å². The van der Waals surface area contributed by atoms with E-state index >= 15 is 0 Å². The van der Waals surface area contributed by atoms with Gasteiger partial charge in [0, 0.05) is 5.41 Å². The highest BCUT2D eigenvalue weighted by Crippen LogP contribution is 2.08. The molecule has 1 aliphatic rings. The molecule has 6 heteroatoms. The third kappa shape index (κ3) is 6.02. The summed E-state index contributed by atoms with van der Waals surface area (Å²) in [5, 5.41) is 4.37. The third-order valence-corrected chi connectivity index (χ3v) is 4.10. The van der Waals surface area contributed by atoms with Crippen LogP contribution >= 0.6 is 12.2 Å². The maximum Gasteiger partial charge on any atom is 0.257 e. The highest BCUT2D eigenvalue weighted by Gasteiger charge is 2.22. The molecule has 1 heterocycles. The lowest BCUT2D eigenvalue weighted by atomic mass is 10.2. The average Bonchev–Trinajstić information content (AvgIpc) is 2.57. The van der Waals surface area contributed by atoms with Crippen molar-refractivity contribution < 1.29 is 13.2 Å². The van der Waals surface area contributed by atoms with Crippen molar-refractivity contribution in [1.82, 2.24) is 5.32 Å². The fourth-order valence-electron chi connectivity index (χ4n) is 1.55. The summed E-state index contributed by atoms with van der Waals surface area (Å²) in [4.78, 5) is 0. The van der Waals surface area contributed by atoms with Crippen LogP contribution < -0.4 is 5.32 Å². The van der Waals surface area contributed by atoms with Crippen LogP contribution in [0.2, 0.25) is 0 Å². The first kappa shape index (κ1) is 14.4. The molecule has 0 fully saturated rings. The van der Waals surface area contributed by atoms with Gasteiger partial charge >= 0.3 is 0 Å². The Morgan fingerprint density at radius 3 is 2.82 bits per heavy atom. The summed E-state index contributed by atoms with van der Waals surface area (Å²) in [7, 11) is -3.03. The molecular formula is C11H19NO3S2. The molecule has 0 aromatic heterocycles. The molecule has 0 aromatic rings. The Morgan fingerprint density at radius 2 is 2.24 bits per heavy atom. The van der Waals surface area contributed by atoms with Crippen molar-refractivity contribution in [3.8, 4) is 0 Å². The van der Waals surface area contributed by atoms with Gasteiger partial charge in [0.1, 0.15) is 0 Å². The largest absolute Gasteiger partial charge is 0.471 e. The topological polar surface area (TPSA) is 55.4 Å². The molecule has 0 aromatic carbocycles. The van der Waals surface area contributed by atoms with Gasteiger partial charge in [-0.3, -0.25) is 0 Å². The number of hydrogen-bond acceptors (Lipinski definition) is 4. The molecule has 0 aliphatic carbocycles.